The van der Waals surface area contributed by atoms with Crippen LogP contribution in [0.3, 0.4) is 0 Å². The average molecular weight is 290 g/mol. The number of hydrogen-bond donors (Lipinski definition) is 1. The maximum atomic E-state index is 11.8. The van der Waals surface area contributed by atoms with Crippen molar-refractivity contribution < 1.29 is 13.2 Å². The summed E-state index contributed by atoms with van der Waals surface area (Å²) in [5, 5.41) is 4.34. The second-order valence-electron chi connectivity index (χ2n) is 4.18. The Balaban J connectivity index is 2.33. The van der Waals surface area contributed by atoms with Gasteiger partial charge in [-0.2, -0.15) is 0 Å². The summed E-state index contributed by atoms with van der Waals surface area (Å²) < 4.78 is 22.5. The standard InChI is InChI=1S/C10H12ClN3O3S/c1-6-2-3-8(10(11)13-6)14-5-7(4-9(14)15)18(12,16)17/h2-3,7H,4-5H2,1H3,(H2,12,16,17). The molecule has 0 saturated carbocycles. The number of pyridine rings is 1. The number of anilines is 1. The molecule has 0 aromatic carbocycles. The van der Waals surface area contributed by atoms with E-state index in [2.05, 4.69) is 4.98 Å². The molecule has 1 amide bonds. The van der Waals surface area contributed by atoms with Crippen LogP contribution in [0.15, 0.2) is 12.1 Å². The highest BCUT2D eigenvalue weighted by Gasteiger charge is 2.37. The lowest BCUT2D eigenvalue weighted by Crippen LogP contribution is -2.32. The number of sulfonamides is 1. The van der Waals surface area contributed by atoms with E-state index in [1.807, 2.05) is 0 Å². The van der Waals surface area contributed by atoms with E-state index < -0.39 is 15.3 Å². The van der Waals surface area contributed by atoms with Crippen molar-refractivity contribution in [3.05, 3.63) is 23.0 Å². The number of halogens is 1. The van der Waals surface area contributed by atoms with Crippen LogP contribution in [-0.2, 0) is 14.8 Å². The Morgan fingerprint density at radius 2 is 2.17 bits per heavy atom. The van der Waals surface area contributed by atoms with Gasteiger partial charge in [-0.1, -0.05) is 11.6 Å². The normalized spacial score (nSPS) is 20.5. The second kappa shape index (κ2) is 4.49. The predicted molar refractivity (Wildman–Crippen MR) is 67.8 cm³/mol. The molecule has 1 aliphatic heterocycles. The minimum Gasteiger partial charge on any atom is -0.308 e. The fourth-order valence-electron chi connectivity index (χ4n) is 1.85. The number of primary sulfonamides is 1. The number of aromatic nitrogens is 1. The Morgan fingerprint density at radius 1 is 1.50 bits per heavy atom. The average Bonchev–Trinajstić information content (AvgIpc) is 2.60. The van der Waals surface area contributed by atoms with Crippen molar-refractivity contribution >= 4 is 33.2 Å². The van der Waals surface area contributed by atoms with Crippen LogP contribution in [0.4, 0.5) is 5.69 Å². The fourth-order valence-corrected chi connectivity index (χ4v) is 2.88. The van der Waals surface area contributed by atoms with Gasteiger partial charge in [0.05, 0.1) is 5.69 Å². The molecule has 2 N–H and O–H groups in total. The predicted octanol–water partition coefficient (Wildman–Crippen LogP) is 0.437. The van der Waals surface area contributed by atoms with Crippen LogP contribution in [-0.4, -0.2) is 31.1 Å². The third-order valence-electron chi connectivity index (χ3n) is 2.81. The van der Waals surface area contributed by atoms with Crippen molar-refractivity contribution in [3.63, 3.8) is 0 Å². The van der Waals surface area contributed by atoms with Gasteiger partial charge in [0.2, 0.25) is 15.9 Å². The number of carbonyl (C=O) groups excluding carboxylic acids is 1. The van der Waals surface area contributed by atoms with Gasteiger partial charge < -0.3 is 4.90 Å². The molecule has 2 heterocycles. The number of hydrogen-bond acceptors (Lipinski definition) is 4. The van der Waals surface area contributed by atoms with E-state index in [4.69, 9.17) is 16.7 Å². The molecule has 1 atom stereocenters. The minimum atomic E-state index is -3.72. The summed E-state index contributed by atoms with van der Waals surface area (Å²) in [6, 6.07) is 3.35. The Morgan fingerprint density at radius 3 is 2.67 bits per heavy atom. The maximum absolute atomic E-state index is 11.8. The Bertz CT molecular complexity index is 602. The number of amides is 1. The molecule has 8 heteroatoms. The zero-order valence-corrected chi connectivity index (χ0v) is 11.2. The Labute approximate surface area is 110 Å². The Hall–Kier alpha value is -1.18. The summed E-state index contributed by atoms with van der Waals surface area (Å²) in [4.78, 5) is 17.1. The first kappa shape index (κ1) is 13.3. The molecule has 98 valence electrons. The van der Waals surface area contributed by atoms with Gasteiger partial charge in [0.1, 0.15) is 5.25 Å². The van der Waals surface area contributed by atoms with E-state index in [9.17, 15) is 13.2 Å². The lowest BCUT2D eigenvalue weighted by molar-refractivity contribution is -0.117. The molecular formula is C10H12ClN3O3S. The minimum absolute atomic E-state index is 0.0160. The lowest BCUT2D eigenvalue weighted by Gasteiger charge is -2.17. The summed E-state index contributed by atoms with van der Waals surface area (Å²) in [5.41, 5.74) is 1.14. The smallest absolute Gasteiger partial charge is 0.228 e. The van der Waals surface area contributed by atoms with Crippen LogP contribution >= 0.6 is 11.6 Å². The first-order valence-electron chi connectivity index (χ1n) is 5.24. The van der Waals surface area contributed by atoms with Crippen molar-refractivity contribution in [1.82, 2.24) is 4.98 Å². The lowest BCUT2D eigenvalue weighted by atomic mass is 10.3. The van der Waals surface area contributed by atoms with Crippen molar-refractivity contribution in [2.75, 3.05) is 11.4 Å². The molecule has 1 saturated heterocycles. The summed E-state index contributed by atoms with van der Waals surface area (Å²) in [6.07, 6.45) is -0.122. The number of nitrogens with zero attached hydrogens (tertiary/aromatic N) is 2. The highest BCUT2D eigenvalue weighted by atomic mass is 35.5. The quantitative estimate of drug-likeness (QED) is 0.799. The van der Waals surface area contributed by atoms with Crippen LogP contribution in [0, 0.1) is 6.92 Å². The van der Waals surface area contributed by atoms with Crippen molar-refractivity contribution in [1.29, 1.82) is 0 Å². The Kier molecular flexibility index (Phi) is 3.31. The van der Waals surface area contributed by atoms with Crippen molar-refractivity contribution in [3.8, 4) is 0 Å². The van der Waals surface area contributed by atoms with Gasteiger partial charge in [0.25, 0.3) is 0 Å². The molecule has 1 aromatic heterocycles. The summed E-state index contributed by atoms with van der Waals surface area (Å²) in [6.45, 7) is 1.79. The summed E-state index contributed by atoms with van der Waals surface area (Å²) in [7, 11) is -3.72. The molecule has 0 spiro atoms. The largest absolute Gasteiger partial charge is 0.308 e. The van der Waals surface area contributed by atoms with Crippen molar-refractivity contribution in [2.24, 2.45) is 5.14 Å². The van der Waals surface area contributed by atoms with Crippen LogP contribution in [0.5, 0.6) is 0 Å². The maximum Gasteiger partial charge on any atom is 0.228 e. The van der Waals surface area contributed by atoms with Gasteiger partial charge in [-0.05, 0) is 19.1 Å². The molecule has 6 nitrogen and oxygen atoms in total. The number of aryl methyl sites for hydroxylation is 1. The summed E-state index contributed by atoms with van der Waals surface area (Å²) >= 11 is 5.95. The van der Waals surface area contributed by atoms with E-state index in [-0.39, 0.29) is 24.0 Å². The SMILES string of the molecule is Cc1ccc(N2CC(S(N)(=O)=O)CC2=O)c(Cl)n1. The van der Waals surface area contributed by atoms with Gasteiger partial charge in [-0.15, -0.1) is 0 Å². The second-order valence-corrected chi connectivity index (χ2v) is 6.38. The molecule has 0 aliphatic carbocycles. The fraction of sp³-hybridized carbons (Fsp3) is 0.400. The zero-order chi connectivity index (χ0) is 13.5. The molecule has 1 unspecified atom stereocenters. The first-order chi connectivity index (χ1) is 8.29. The highest BCUT2D eigenvalue weighted by Crippen LogP contribution is 2.29. The molecule has 0 radical (unpaired) electrons. The zero-order valence-electron chi connectivity index (χ0n) is 9.63. The monoisotopic (exact) mass is 289 g/mol. The van der Waals surface area contributed by atoms with E-state index >= 15 is 0 Å². The van der Waals surface area contributed by atoms with Gasteiger partial charge in [-0.25, -0.2) is 18.5 Å². The molecule has 0 bridgehead atoms. The number of rotatable bonds is 2. The summed E-state index contributed by atoms with van der Waals surface area (Å²) in [5.74, 6) is -0.318. The van der Waals surface area contributed by atoms with E-state index in [1.165, 1.54) is 4.90 Å². The molecule has 2 rings (SSSR count). The topological polar surface area (TPSA) is 93.4 Å². The van der Waals surface area contributed by atoms with Gasteiger partial charge >= 0.3 is 0 Å². The number of carbonyl (C=O) groups is 1. The van der Waals surface area contributed by atoms with Gasteiger partial charge in [0.15, 0.2) is 5.15 Å². The molecule has 1 aliphatic rings. The van der Waals surface area contributed by atoms with E-state index in [1.54, 1.807) is 19.1 Å². The van der Waals surface area contributed by atoms with Crippen LogP contribution < -0.4 is 10.0 Å². The van der Waals surface area contributed by atoms with Crippen LogP contribution in [0.1, 0.15) is 12.1 Å². The van der Waals surface area contributed by atoms with Gasteiger partial charge in [0, 0.05) is 18.7 Å². The molecule has 1 aromatic rings. The van der Waals surface area contributed by atoms with Gasteiger partial charge in [-0.3, -0.25) is 4.79 Å². The third-order valence-corrected chi connectivity index (χ3v) is 4.34. The van der Waals surface area contributed by atoms with E-state index in [0.717, 1.165) is 5.69 Å². The molecule has 18 heavy (non-hydrogen) atoms. The number of nitrogens with two attached hydrogens (primary N) is 1. The van der Waals surface area contributed by atoms with Crippen LogP contribution in [0.25, 0.3) is 0 Å². The third kappa shape index (κ3) is 2.47. The molecule has 1 fully saturated rings. The molecular weight excluding hydrogens is 278 g/mol. The van der Waals surface area contributed by atoms with Crippen molar-refractivity contribution in [2.45, 2.75) is 18.6 Å². The first-order valence-corrected chi connectivity index (χ1v) is 7.23. The van der Waals surface area contributed by atoms with Crippen LogP contribution in [0.2, 0.25) is 5.15 Å². The van der Waals surface area contributed by atoms with E-state index in [0.29, 0.717) is 5.69 Å². The highest BCUT2D eigenvalue weighted by molar-refractivity contribution is 7.89.